The van der Waals surface area contributed by atoms with Crippen molar-refractivity contribution in [1.82, 2.24) is 15.8 Å². The third-order valence-corrected chi connectivity index (χ3v) is 4.17. The quantitative estimate of drug-likeness (QED) is 0.583. The SMILES string of the molecule is O=C(COc1cc(Cl)ccc1Cl)NNC(=O)Cc1c[nH]c2ccccc12. The van der Waals surface area contributed by atoms with E-state index >= 15 is 0 Å². The predicted molar refractivity (Wildman–Crippen MR) is 100 cm³/mol. The average molecular weight is 392 g/mol. The number of fused-ring (bicyclic) bond motifs is 1. The lowest BCUT2D eigenvalue weighted by Gasteiger charge is -2.10. The minimum absolute atomic E-state index is 0.130. The molecule has 0 unspecified atom stereocenters. The zero-order chi connectivity index (χ0) is 18.5. The molecule has 6 nitrogen and oxygen atoms in total. The van der Waals surface area contributed by atoms with E-state index in [-0.39, 0.29) is 18.9 Å². The number of hydrazine groups is 1. The lowest BCUT2D eigenvalue weighted by Crippen LogP contribution is -2.44. The van der Waals surface area contributed by atoms with E-state index in [4.69, 9.17) is 27.9 Å². The van der Waals surface area contributed by atoms with Gasteiger partial charge in [0, 0.05) is 28.2 Å². The van der Waals surface area contributed by atoms with Gasteiger partial charge in [-0.05, 0) is 23.8 Å². The molecule has 3 N–H and O–H groups in total. The predicted octanol–water partition coefficient (Wildman–Crippen LogP) is 3.24. The summed E-state index contributed by atoms with van der Waals surface area (Å²) in [5.41, 5.74) is 6.45. The van der Waals surface area contributed by atoms with E-state index in [0.717, 1.165) is 16.5 Å². The molecule has 1 heterocycles. The monoisotopic (exact) mass is 391 g/mol. The van der Waals surface area contributed by atoms with Gasteiger partial charge in [-0.3, -0.25) is 20.4 Å². The van der Waals surface area contributed by atoms with Crippen molar-refractivity contribution in [3.8, 4) is 5.75 Å². The molecule has 0 fully saturated rings. The van der Waals surface area contributed by atoms with Crippen molar-refractivity contribution in [3.63, 3.8) is 0 Å². The fourth-order valence-corrected chi connectivity index (χ4v) is 2.74. The highest BCUT2D eigenvalue weighted by Crippen LogP contribution is 2.27. The molecule has 0 radical (unpaired) electrons. The molecule has 2 amide bonds. The van der Waals surface area contributed by atoms with Crippen LogP contribution in [0.5, 0.6) is 5.75 Å². The topological polar surface area (TPSA) is 83.2 Å². The Balaban J connectivity index is 1.48. The Morgan fingerprint density at radius 2 is 1.81 bits per heavy atom. The van der Waals surface area contributed by atoms with E-state index in [1.54, 1.807) is 18.3 Å². The molecule has 3 rings (SSSR count). The van der Waals surface area contributed by atoms with Gasteiger partial charge in [-0.15, -0.1) is 0 Å². The number of H-pyrrole nitrogens is 1. The Morgan fingerprint density at radius 3 is 2.65 bits per heavy atom. The Kier molecular flexibility index (Phi) is 5.65. The fourth-order valence-electron chi connectivity index (χ4n) is 2.40. The standard InChI is InChI=1S/C18H15Cl2N3O3/c19-12-5-6-14(20)16(8-12)26-10-18(25)23-22-17(24)7-11-9-21-15-4-2-1-3-13(11)15/h1-6,8-9,21H,7,10H2,(H,22,24)(H,23,25). The lowest BCUT2D eigenvalue weighted by molar-refractivity contribution is -0.129. The summed E-state index contributed by atoms with van der Waals surface area (Å²) in [5.74, 6) is -0.573. The number of hydrogen-bond acceptors (Lipinski definition) is 3. The molecule has 0 spiro atoms. The molecule has 8 heteroatoms. The molecule has 0 aliphatic carbocycles. The third-order valence-electron chi connectivity index (χ3n) is 3.62. The summed E-state index contributed by atoms with van der Waals surface area (Å²) in [6.07, 6.45) is 1.90. The number of carbonyl (C=O) groups is 2. The van der Waals surface area contributed by atoms with E-state index < -0.39 is 5.91 Å². The average Bonchev–Trinajstić information content (AvgIpc) is 3.04. The Morgan fingerprint density at radius 1 is 1.04 bits per heavy atom. The van der Waals surface area contributed by atoms with Crippen LogP contribution in [0.1, 0.15) is 5.56 Å². The molecule has 0 bridgehead atoms. The number of ether oxygens (including phenoxy) is 1. The number of hydrogen-bond donors (Lipinski definition) is 3. The van der Waals surface area contributed by atoms with Crippen molar-refractivity contribution in [2.45, 2.75) is 6.42 Å². The molecular weight excluding hydrogens is 377 g/mol. The molecule has 0 saturated heterocycles. The second-order valence-electron chi connectivity index (χ2n) is 5.50. The van der Waals surface area contributed by atoms with Crippen LogP contribution in [0.3, 0.4) is 0 Å². The molecule has 1 aromatic heterocycles. The van der Waals surface area contributed by atoms with Gasteiger partial charge < -0.3 is 9.72 Å². The van der Waals surface area contributed by atoms with Gasteiger partial charge in [-0.1, -0.05) is 41.4 Å². The third kappa shape index (κ3) is 4.47. The van der Waals surface area contributed by atoms with Gasteiger partial charge in [0.2, 0.25) is 5.91 Å². The van der Waals surface area contributed by atoms with Crippen LogP contribution < -0.4 is 15.6 Å². The van der Waals surface area contributed by atoms with E-state index in [1.807, 2.05) is 24.3 Å². The normalized spacial score (nSPS) is 10.5. The molecule has 134 valence electrons. The van der Waals surface area contributed by atoms with E-state index in [1.165, 1.54) is 6.07 Å². The van der Waals surface area contributed by atoms with Gasteiger partial charge in [0.1, 0.15) is 5.75 Å². The first-order valence-corrected chi connectivity index (χ1v) is 8.49. The maximum atomic E-state index is 12.0. The number of para-hydroxylation sites is 1. The summed E-state index contributed by atoms with van der Waals surface area (Å²) < 4.78 is 5.29. The Labute approximate surface area is 159 Å². The van der Waals surface area contributed by atoms with Crippen molar-refractivity contribution >= 4 is 45.9 Å². The van der Waals surface area contributed by atoms with Crippen LogP contribution in [0.25, 0.3) is 10.9 Å². The number of benzene rings is 2. The number of aromatic amines is 1. The molecule has 26 heavy (non-hydrogen) atoms. The van der Waals surface area contributed by atoms with E-state index in [9.17, 15) is 9.59 Å². The van der Waals surface area contributed by atoms with Crippen molar-refractivity contribution in [2.75, 3.05) is 6.61 Å². The van der Waals surface area contributed by atoms with E-state index in [0.29, 0.717) is 15.8 Å². The van der Waals surface area contributed by atoms with Gasteiger partial charge in [-0.25, -0.2) is 0 Å². The van der Waals surface area contributed by atoms with Crippen LogP contribution in [-0.2, 0) is 16.0 Å². The first-order chi connectivity index (χ1) is 12.5. The summed E-state index contributed by atoms with van der Waals surface area (Å²) in [6, 6.07) is 12.4. The molecular formula is C18H15Cl2N3O3. The van der Waals surface area contributed by atoms with Crippen LogP contribution >= 0.6 is 23.2 Å². The van der Waals surface area contributed by atoms with Crippen LogP contribution in [0, 0.1) is 0 Å². The highest BCUT2D eigenvalue weighted by Gasteiger charge is 2.11. The molecule has 0 atom stereocenters. The number of amides is 2. The smallest absolute Gasteiger partial charge is 0.276 e. The highest BCUT2D eigenvalue weighted by atomic mass is 35.5. The zero-order valence-electron chi connectivity index (χ0n) is 13.5. The maximum absolute atomic E-state index is 12.0. The number of aromatic nitrogens is 1. The van der Waals surface area contributed by atoms with Crippen molar-refractivity contribution in [1.29, 1.82) is 0 Å². The van der Waals surface area contributed by atoms with Gasteiger partial charge in [0.25, 0.3) is 5.91 Å². The summed E-state index contributed by atoms with van der Waals surface area (Å²) in [4.78, 5) is 26.9. The highest BCUT2D eigenvalue weighted by molar-refractivity contribution is 6.34. The molecule has 0 aliphatic heterocycles. The summed E-state index contributed by atoms with van der Waals surface area (Å²) in [6.45, 7) is -0.312. The molecule has 2 aromatic carbocycles. The minimum atomic E-state index is -0.520. The first-order valence-electron chi connectivity index (χ1n) is 7.73. The number of halogens is 2. The summed E-state index contributed by atoms with van der Waals surface area (Å²) >= 11 is 11.8. The van der Waals surface area contributed by atoms with Crippen LogP contribution in [0.2, 0.25) is 10.0 Å². The zero-order valence-corrected chi connectivity index (χ0v) is 15.0. The molecule has 0 saturated carbocycles. The van der Waals surface area contributed by atoms with Crippen molar-refractivity contribution in [3.05, 3.63) is 64.3 Å². The van der Waals surface area contributed by atoms with E-state index in [2.05, 4.69) is 15.8 Å². The maximum Gasteiger partial charge on any atom is 0.276 e. The number of nitrogens with one attached hydrogen (secondary N) is 3. The molecule has 3 aromatic rings. The largest absolute Gasteiger partial charge is 0.482 e. The first kappa shape index (κ1) is 18.1. The minimum Gasteiger partial charge on any atom is -0.482 e. The van der Waals surface area contributed by atoms with Gasteiger partial charge in [0.05, 0.1) is 11.4 Å². The van der Waals surface area contributed by atoms with Crippen LogP contribution in [0.4, 0.5) is 0 Å². The summed E-state index contributed by atoms with van der Waals surface area (Å²) in [7, 11) is 0. The van der Waals surface area contributed by atoms with Crippen molar-refractivity contribution < 1.29 is 14.3 Å². The van der Waals surface area contributed by atoms with Crippen molar-refractivity contribution in [2.24, 2.45) is 0 Å². The second kappa shape index (κ2) is 8.12. The Bertz CT molecular complexity index is 956. The van der Waals surface area contributed by atoms with Crippen LogP contribution in [-0.4, -0.2) is 23.4 Å². The second-order valence-corrected chi connectivity index (χ2v) is 6.34. The Hall–Kier alpha value is -2.70. The number of carbonyl (C=O) groups excluding carboxylic acids is 2. The van der Waals surface area contributed by atoms with Gasteiger partial charge in [0.15, 0.2) is 6.61 Å². The summed E-state index contributed by atoms with van der Waals surface area (Å²) in [5, 5.41) is 1.75. The fraction of sp³-hybridized carbons (Fsp3) is 0.111. The number of rotatable bonds is 5. The van der Waals surface area contributed by atoms with Gasteiger partial charge >= 0.3 is 0 Å². The molecule has 0 aliphatic rings. The lowest BCUT2D eigenvalue weighted by atomic mass is 10.1. The van der Waals surface area contributed by atoms with Crippen LogP contribution in [0.15, 0.2) is 48.7 Å². The van der Waals surface area contributed by atoms with Gasteiger partial charge in [-0.2, -0.15) is 0 Å².